The minimum Gasteiger partial charge on any atom is -0.353 e. The van der Waals surface area contributed by atoms with Gasteiger partial charge in [-0.1, -0.05) is 48.0 Å². The normalized spacial score (nSPS) is 15.8. The van der Waals surface area contributed by atoms with Gasteiger partial charge in [-0.25, -0.2) is 9.97 Å². The molecule has 1 aromatic heterocycles. The molecular formula is C19H19ClN4. The van der Waals surface area contributed by atoms with Gasteiger partial charge in [0, 0.05) is 32.7 Å². The number of benzene rings is 2. The highest BCUT2D eigenvalue weighted by Gasteiger charge is 2.20. The fourth-order valence-corrected chi connectivity index (χ4v) is 3.51. The minimum absolute atomic E-state index is 0.717. The van der Waals surface area contributed by atoms with E-state index in [0.717, 1.165) is 54.5 Å². The second kappa shape index (κ2) is 6.75. The van der Waals surface area contributed by atoms with Gasteiger partial charge in [-0.15, -0.1) is 0 Å². The summed E-state index contributed by atoms with van der Waals surface area (Å²) in [7, 11) is 0. The third-order valence-corrected chi connectivity index (χ3v) is 4.83. The van der Waals surface area contributed by atoms with Crippen molar-refractivity contribution < 1.29 is 0 Å². The molecule has 0 unspecified atom stereocenters. The van der Waals surface area contributed by atoms with Gasteiger partial charge >= 0.3 is 0 Å². The topological polar surface area (TPSA) is 32.3 Å². The lowest BCUT2D eigenvalue weighted by Gasteiger charge is -2.35. The monoisotopic (exact) mass is 338 g/mol. The quantitative estimate of drug-likeness (QED) is 0.730. The van der Waals surface area contributed by atoms with Gasteiger partial charge in [0.05, 0.1) is 15.9 Å². The van der Waals surface area contributed by atoms with Crippen LogP contribution in [0.5, 0.6) is 0 Å². The summed E-state index contributed by atoms with van der Waals surface area (Å²) in [6.45, 7) is 4.93. The predicted molar refractivity (Wildman–Crippen MR) is 98.5 cm³/mol. The van der Waals surface area contributed by atoms with Crippen molar-refractivity contribution in [3.05, 3.63) is 65.4 Å². The van der Waals surface area contributed by atoms with Gasteiger partial charge in [0.2, 0.25) is 0 Å². The summed E-state index contributed by atoms with van der Waals surface area (Å²) in [4.78, 5) is 13.6. The molecule has 1 aliphatic rings. The van der Waals surface area contributed by atoms with Crippen LogP contribution in [-0.2, 0) is 6.54 Å². The Morgan fingerprint density at radius 2 is 1.67 bits per heavy atom. The van der Waals surface area contributed by atoms with Crippen molar-refractivity contribution in [3.63, 3.8) is 0 Å². The zero-order valence-electron chi connectivity index (χ0n) is 13.4. The first kappa shape index (κ1) is 15.4. The van der Waals surface area contributed by atoms with E-state index < -0.39 is 0 Å². The SMILES string of the molecule is Clc1cccc2ncnc(N3CCN(Cc4ccccc4)CC3)c12. The number of piperazine rings is 1. The Morgan fingerprint density at radius 3 is 2.46 bits per heavy atom. The van der Waals surface area contributed by atoms with Crippen LogP contribution < -0.4 is 4.90 Å². The first-order valence-electron chi connectivity index (χ1n) is 8.22. The fraction of sp³-hybridized carbons (Fsp3) is 0.263. The van der Waals surface area contributed by atoms with E-state index in [-0.39, 0.29) is 0 Å². The van der Waals surface area contributed by atoms with E-state index in [9.17, 15) is 0 Å². The van der Waals surface area contributed by atoms with E-state index in [1.807, 2.05) is 18.2 Å². The van der Waals surface area contributed by atoms with Crippen LogP contribution in [0, 0.1) is 0 Å². The van der Waals surface area contributed by atoms with E-state index >= 15 is 0 Å². The Kier molecular flexibility index (Phi) is 4.32. The van der Waals surface area contributed by atoms with Gasteiger partial charge in [-0.05, 0) is 17.7 Å². The second-order valence-corrected chi connectivity index (χ2v) is 6.49. The summed E-state index contributed by atoms with van der Waals surface area (Å²) in [5.74, 6) is 0.949. The van der Waals surface area contributed by atoms with Gasteiger partial charge < -0.3 is 4.90 Å². The lowest BCUT2D eigenvalue weighted by molar-refractivity contribution is 0.249. The van der Waals surface area contributed by atoms with E-state index in [4.69, 9.17) is 11.6 Å². The molecule has 2 aromatic carbocycles. The number of hydrogen-bond acceptors (Lipinski definition) is 4. The zero-order valence-corrected chi connectivity index (χ0v) is 14.2. The molecule has 0 atom stereocenters. The summed E-state index contributed by atoms with van der Waals surface area (Å²) in [6.07, 6.45) is 1.63. The smallest absolute Gasteiger partial charge is 0.141 e. The maximum Gasteiger partial charge on any atom is 0.141 e. The molecule has 1 fully saturated rings. The predicted octanol–water partition coefficient (Wildman–Crippen LogP) is 3.61. The summed E-state index contributed by atoms with van der Waals surface area (Å²) < 4.78 is 0. The van der Waals surface area contributed by atoms with Crippen LogP contribution in [0.3, 0.4) is 0 Å². The molecule has 0 bridgehead atoms. The number of anilines is 1. The molecule has 1 aliphatic heterocycles. The second-order valence-electron chi connectivity index (χ2n) is 6.08. The van der Waals surface area contributed by atoms with Gasteiger partial charge in [-0.3, -0.25) is 4.90 Å². The number of hydrogen-bond donors (Lipinski definition) is 0. The molecule has 1 saturated heterocycles. The molecule has 24 heavy (non-hydrogen) atoms. The van der Waals surface area contributed by atoms with Crippen LogP contribution in [0.15, 0.2) is 54.9 Å². The standard InChI is InChI=1S/C19H19ClN4/c20-16-7-4-8-17-18(16)19(22-14-21-17)24-11-9-23(10-12-24)13-15-5-2-1-3-6-15/h1-8,14H,9-13H2. The highest BCUT2D eigenvalue weighted by molar-refractivity contribution is 6.36. The van der Waals surface area contributed by atoms with Gasteiger partial charge in [0.1, 0.15) is 12.1 Å². The minimum atomic E-state index is 0.717. The molecule has 0 aliphatic carbocycles. The Labute approximate surface area is 146 Å². The number of rotatable bonds is 3. The van der Waals surface area contributed by atoms with E-state index in [2.05, 4.69) is 50.1 Å². The molecular weight excluding hydrogens is 320 g/mol. The third-order valence-electron chi connectivity index (χ3n) is 4.51. The molecule has 5 heteroatoms. The average molecular weight is 339 g/mol. The van der Waals surface area contributed by atoms with Crippen molar-refractivity contribution >= 4 is 28.3 Å². The summed E-state index contributed by atoms with van der Waals surface area (Å²) >= 11 is 6.40. The summed E-state index contributed by atoms with van der Waals surface area (Å²) in [6, 6.07) is 16.4. The van der Waals surface area contributed by atoms with E-state index in [1.165, 1.54) is 5.56 Å². The molecule has 0 radical (unpaired) electrons. The Bertz CT molecular complexity index is 824. The first-order chi connectivity index (χ1) is 11.8. The maximum atomic E-state index is 6.40. The molecule has 0 spiro atoms. The van der Waals surface area contributed by atoms with Crippen LogP contribution in [0.2, 0.25) is 5.02 Å². The molecule has 4 rings (SSSR count). The van der Waals surface area contributed by atoms with Crippen LogP contribution in [-0.4, -0.2) is 41.0 Å². The molecule has 122 valence electrons. The molecule has 0 N–H and O–H groups in total. The molecule has 4 nitrogen and oxygen atoms in total. The molecule has 3 aromatic rings. The Hall–Kier alpha value is -2.17. The number of nitrogens with zero attached hydrogens (tertiary/aromatic N) is 4. The van der Waals surface area contributed by atoms with Crippen LogP contribution in [0.25, 0.3) is 10.9 Å². The van der Waals surface area contributed by atoms with Crippen molar-refractivity contribution in [2.45, 2.75) is 6.54 Å². The Balaban J connectivity index is 1.50. The largest absolute Gasteiger partial charge is 0.353 e. The van der Waals surface area contributed by atoms with E-state index in [1.54, 1.807) is 6.33 Å². The number of halogens is 1. The highest BCUT2D eigenvalue weighted by atomic mass is 35.5. The highest BCUT2D eigenvalue weighted by Crippen LogP contribution is 2.30. The van der Waals surface area contributed by atoms with Crippen molar-refractivity contribution in [2.24, 2.45) is 0 Å². The van der Waals surface area contributed by atoms with Gasteiger partial charge in [-0.2, -0.15) is 0 Å². The van der Waals surface area contributed by atoms with Crippen molar-refractivity contribution in [2.75, 3.05) is 31.1 Å². The number of fused-ring (bicyclic) bond motifs is 1. The fourth-order valence-electron chi connectivity index (χ4n) is 3.25. The Morgan fingerprint density at radius 1 is 0.875 bits per heavy atom. The van der Waals surface area contributed by atoms with Gasteiger partial charge in [0.25, 0.3) is 0 Å². The van der Waals surface area contributed by atoms with Crippen LogP contribution in [0.4, 0.5) is 5.82 Å². The van der Waals surface area contributed by atoms with Crippen molar-refractivity contribution in [1.82, 2.24) is 14.9 Å². The van der Waals surface area contributed by atoms with Crippen molar-refractivity contribution in [3.8, 4) is 0 Å². The molecule has 2 heterocycles. The van der Waals surface area contributed by atoms with Crippen LogP contribution >= 0.6 is 11.6 Å². The summed E-state index contributed by atoms with van der Waals surface area (Å²) in [5, 5.41) is 1.67. The average Bonchev–Trinajstić information content (AvgIpc) is 2.63. The van der Waals surface area contributed by atoms with Gasteiger partial charge in [0.15, 0.2) is 0 Å². The lowest BCUT2D eigenvalue weighted by Crippen LogP contribution is -2.46. The zero-order chi connectivity index (χ0) is 16.4. The lowest BCUT2D eigenvalue weighted by atomic mass is 10.2. The molecule has 0 amide bonds. The molecule has 0 saturated carbocycles. The van der Waals surface area contributed by atoms with E-state index in [0.29, 0.717) is 0 Å². The number of aromatic nitrogens is 2. The maximum absolute atomic E-state index is 6.40. The third kappa shape index (κ3) is 3.07. The first-order valence-corrected chi connectivity index (χ1v) is 8.59. The van der Waals surface area contributed by atoms with Crippen LogP contribution in [0.1, 0.15) is 5.56 Å². The summed E-state index contributed by atoms with van der Waals surface area (Å²) in [5.41, 5.74) is 2.26. The van der Waals surface area contributed by atoms with Crippen molar-refractivity contribution in [1.29, 1.82) is 0 Å².